The zero-order chi connectivity index (χ0) is 12.7. The first-order valence-electron chi connectivity index (χ1n) is 6.41. The maximum absolute atomic E-state index is 12.5. The van der Waals surface area contributed by atoms with Gasteiger partial charge in [-0.2, -0.15) is 0 Å². The predicted octanol–water partition coefficient (Wildman–Crippen LogP) is 2.19. The molecule has 1 amide bonds. The highest BCUT2D eigenvalue weighted by molar-refractivity contribution is 5.94. The molecule has 18 heavy (non-hydrogen) atoms. The molecule has 0 aliphatic carbocycles. The van der Waals surface area contributed by atoms with E-state index in [1.807, 2.05) is 41.5 Å². The van der Waals surface area contributed by atoms with E-state index in [1.54, 1.807) is 0 Å². The molecule has 0 N–H and O–H groups in total. The summed E-state index contributed by atoms with van der Waals surface area (Å²) in [6, 6.07) is 3.98. The average Bonchev–Trinajstić information content (AvgIpc) is 2.94. The van der Waals surface area contributed by atoms with Crippen LogP contribution in [0.4, 0.5) is 0 Å². The highest BCUT2D eigenvalue weighted by Gasteiger charge is 2.24. The maximum Gasteiger partial charge on any atom is 0.272 e. The van der Waals surface area contributed by atoms with Crippen molar-refractivity contribution in [3.05, 3.63) is 35.3 Å². The number of nitrogens with zero attached hydrogens (tertiary/aromatic N) is 3. The lowest BCUT2D eigenvalue weighted by Gasteiger charge is -2.15. The van der Waals surface area contributed by atoms with Crippen molar-refractivity contribution >= 4 is 11.6 Å². The van der Waals surface area contributed by atoms with Gasteiger partial charge in [-0.3, -0.25) is 9.20 Å². The number of pyridine rings is 1. The van der Waals surface area contributed by atoms with Gasteiger partial charge in [0.05, 0.1) is 5.69 Å². The van der Waals surface area contributed by atoms with Crippen LogP contribution in [0.1, 0.15) is 34.6 Å². The monoisotopic (exact) mass is 243 g/mol. The van der Waals surface area contributed by atoms with Crippen molar-refractivity contribution in [3.8, 4) is 0 Å². The lowest BCUT2D eigenvalue weighted by Crippen LogP contribution is -2.29. The van der Waals surface area contributed by atoms with Crippen molar-refractivity contribution < 1.29 is 4.79 Å². The predicted molar refractivity (Wildman–Crippen MR) is 69.8 cm³/mol. The summed E-state index contributed by atoms with van der Waals surface area (Å²) in [5.41, 5.74) is 3.52. The van der Waals surface area contributed by atoms with Crippen molar-refractivity contribution in [2.75, 3.05) is 13.1 Å². The zero-order valence-electron chi connectivity index (χ0n) is 10.8. The van der Waals surface area contributed by atoms with Gasteiger partial charge in [0.1, 0.15) is 11.3 Å². The van der Waals surface area contributed by atoms with Crippen LogP contribution >= 0.6 is 0 Å². The van der Waals surface area contributed by atoms with Gasteiger partial charge in [0.15, 0.2) is 0 Å². The van der Waals surface area contributed by atoms with Gasteiger partial charge in [0, 0.05) is 19.3 Å². The van der Waals surface area contributed by atoms with Gasteiger partial charge >= 0.3 is 0 Å². The third kappa shape index (κ3) is 1.68. The summed E-state index contributed by atoms with van der Waals surface area (Å²) in [4.78, 5) is 18.9. The zero-order valence-corrected chi connectivity index (χ0v) is 10.8. The van der Waals surface area contributed by atoms with E-state index in [2.05, 4.69) is 4.98 Å². The van der Waals surface area contributed by atoms with E-state index in [4.69, 9.17) is 0 Å². The molecule has 1 fully saturated rings. The Hall–Kier alpha value is -1.84. The molecule has 1 saturated heterocycles. The summed E-state index contributed by atoms with van der Waals surface area (Å²) >= 11 is 0. The Kier molecular flexibility index (Phi) is 2.58. The molecule has 0 saturated carbocycles. The van der Waals surface area contributed by atoms with E-state index in [9.17, 15) is 4.79 Å². The molecule has 0 aromatic carbocycles. The third-order valence-corrected chi connectivity index (χ3v) is 3.54. The van der Waals surface area contributed by atoms with Crippen molar-refractivity contribution in [3.63, 3.8) is 0 Å². The SMILES string of the molecule is Cc1ccc2nc(C)c(C(=O)N3CCCC3)n2c1. The Balaban J connectivity index is 2.12. The molecule has 0 radical (unpaired) electrons. The summed E-state index contributed by atoms with van der Waals surface area (Å²) in [6.07, 6.45) is 4.21. The smallest absolute Gasteiger partial charge is 0.272 e. The fraction of sp³-hybridized carbons (Fsp3) is 0.429. The number of imidazole rings is 1. The molecule has 1 aliphatic rings. The highest BCUT2D eigenvalue weighted by atomic mass is 16.2. The molecule has 3 heterocycles. The summed E-state index contributed by atoms with van der Waals surface area (Å²) < 4.78 is 1.92. The van der Waals surface area contributed by atoms with Crippen molar-refractivity contribution in [1.29, 1.82) is 0 Å². The number of hydrogen-bond acceptors (Lipinski definition) is 2. The van der Waals surface area contributed by atoms with Crippen molar-refractivity contribution in [2.45, 2.75) is 26.7 Å². The standard InChI is InChI=1S/C14H17N3O/c1-10-5-6-12-15-11(2)13(17(12)9-10)14(18)16-7-3-4-8-16/h5-6,9H,3-4,7-8H2,1-2H3. The van der Waals surface area contributed by atoms with Crippen LogP contribution in [0.15, 0.2) is 18.3 Å². The van der Waals surface area contributed by atoms with Crippen LogP contribution in [0.2, 0.25) is 0 Å². The van der Waals surface area contributed by atoms with Crippen LogP contribution in [0.5, 0.6) is 0 Å². The second-order valence-electron chi connectivity index (χ2n) is 4.98. The van der Waals surface area contributed by atoms with Crippen LogP contribution < -0.4 is 0 Å². The molecule has 94 valence electrons. The molecule has 4 heteroatoms. The number of aryl methyl sites for hydroxylation is 2. The first-order valence-corrected chi connectivity index (χ1v) is 6.41. The second kappa shape index (κ2) is 4.12. The first kappa shape index (κ1) is 11.3. The van der Waals surface area contributed by atoms with Gasteiger partial charge in [-0.05, 0) is 38.3 Å². The number of fused-ring (bicyclic) bond motifs is 1. The molecular formula is C14H17N3O. The molecular weight excluding hydrogens is 226 g/mol. The molecule has 2 aromatic rings. The van der Waals surface area contributed by atoms with Gasteiger partial charge in [-0.25, -0.2) is 4.98 Å². The number of amides is 1. The fourth-order valence-electron chi connectivity index (χ4n) is 2.60. The number of likely N-dealkylation sites (tertiary alicyclic amines) is 1. The minimum Gasteiger partial charge on any atom is -0.337 e. The lowest BCUT2D eigenvalue weighted by molar-refractivity contribution is 0.0785. The Labute approximate surface area is 106 Å². The van der Waals surface area contributed by atoms with E-state index in [1.165, 1.54) is 0 Å². The molecule has 3 rings (SSSR count). The van der Waals surface area contributed by atoms with Gasteiger partial charge in [0.2, 0.25) is 0 Å². The minimum atomic E-state index is 0.114. The van der Waals surface area contributed by atoms with Gasteiger partial charge in [-0.15, -0.1) is 0 Å². The number of rotatable bonds is 1. The fourth-order valence-corrected chi connectivity index (χ4v) is 2.60. The lowest BCUT2D eigenvalue weighted by atomic mass is 10.3. The second-order valence-corrected chi connectivity index (χ2v) is 4.98. The third-order valence-electron chi connectivity index (χ3n) is 3.54. The van der Waals surface area contributed by atoms with Crippen LogP contribution in [-0.4, -0.2) is 33.3 Å². The number of carbonyl (C=O) groups excluding carboxylic acids is 1. The molecule has 1 aliphatic heterocycles. The Morgan fingerprint density at radius 1 is 1.22 bits per heavy atom. The summed E-state index contributed by atoms with van der Waals surface area (Å²) in [5, 5.41) is 0. The van der Waals surface area contributed by atoms with Crippen LogP contribution in [0, 0.1) is 13.8 Å². The van der Waals surface area contributed by atoms with E-state index in [-0.39, 0.29) is 5.91 Å². The number of aromatic nitrogens is 2. The average molecular weight is 243 g/mol. The molecule has 0 unspecified atom stereocenters. The topological polar surface area (TPSA) is 37.6 Å². The molecule has 0 spiro atoms. The quantitative estimate of drug-likeness (QED) is 0.770. The largest absolute Gasteiger partial charge is 0.337 e. The van der Waals surface area contributed by atoms with E-state index in [0.29, 0.717) is 0 Å². The Bertz CT molecular complexity index is 609. The molecule has 4 nitrogen and oxygen atoms in total. The van der Waals surface area contributed by atoms with Crippen LogP contribution in [0.3, 0.4) is 0 Å². The minimum absolute atomic E-state index is 0.114. The summed E-state index contributed by atoms with van der Waals surface area (Å²) in [6.45, 7) is 5.68. The Morgan fingerprint density at radius 2 is 1.94 bits per heavy atom. The summed E-state index contributed by atoms with van der Waals surface area (Å²) in [5.74, 6) is 0.114. The maximum atomic E-state index is 12.5. The van der Waals surface area contributed by atoms with E-state index in [0.717, 1.165) is 48.5 Å². The molecule has 0 bridgehead atoms. The van der Waals surface area contributed by atoms with Gasteiger partial charge in [0.25, 0.3) is 5.91 Å². The first-order chi connectivity index (χ1) is 8.66. The van der Waals surface area contributed by atoms with Gasteiger partial charge < -0.3 is 4.90 Å². The van der Waals surface area contributed by atoms with Crippen LogP contribution in [-0.2, 0) is 0 Å². The highest BCUT2D eigenvalue weighted by Crippen LogP contribution is 2.18. The number of carbonyl (C=O) groups is 1. The van der Waals surface area contributed by atoms with Crippen molar-refractivity contribution in [2.24, 2.45) is 0 Å². The number of hydrogen-bond donors (Lipinski definition) is 0. The van der Waals surface area contributed by atoms with Crippen molar-refractivity contribution in [1.82, 2.24) is 14.3 Å². The Morgan fingerprint density at radius 3 is 2.67 bits per heavy atom. The molecule has 0 atom stereocenters. The summed E-state index contributed by atoms with van der Waals surface area (Å²) in [7, 11) is 0. The van der Waals surface area contributed by atoms with E-state index >= 15 is 0 Å². The normalized spacial score (nSPS) is 15.6. The van der Waals surface area contributed by atoms with E-state index < -0.39 is 0 Å². The van der Waals surface area contributed by atoms with Crippen LogP contribution in [0.25, 0.3) is 5.65 Å². The molecule has 2 aromatic heterocycles. The van der Waals surface area contributed by atoms with Gasteiger partial charge in [-0.1, -0.05) is 6.07 Å².